The standard InChI is InChI=1S/C23H26ClN7O/c1-29-14-17(13-27-29)21-20(24)19-18(6-7-26-22(19)28-21)30-8-10-31(11-9-30)23(32)16-4-2-15(12-25)3-5-16/h6-7,13-16H,2-5,8-11H2,1H3,(H,26,28). The van der Waals surface area contributed by atoms with Crippen LogP contribution in [0.5, 0.6) is 0 Å². The zero-order chi connectivity index (χ0) is 22.2. The lowest BCUT2D eigenvalue weighted by Gasteiger charge is -2.38. The van der Waals surface area contributed by atoms with Crippen molar-refractivity contribution in [2.45, 2.75) is 25.7 Å². The first-order chi connectivity index (χ1) is 15.5. The number of hydrogen-bond donors (Lipinski definition) is 1. The minimum Gasteiger partial charge on any atom is -0.367 e. The van der Waals surface area contributed by atoms with E-state index < -0.39 is 0 Å². The molecule has 2 fully saturated rings. The molecule has 0 spiro atoms. The zero-order valence-electron chi connectivity index (χ0n) is 18.1. The monoisotopic (exact) mass is 451 g/mol. The minimum atomic E-state index is 0.0694. The van der Waals surface area contributed by atoms with Crippen LogP contribution < -0.4 is 4.90 Å². The highest BCUT2D eigenvalue weighted by Crippen LogP contribution is 2.39. The van der Waals surface area contributed by atoms with E-state index in [1.165, 1.54) is 0 Å². The van der Waals surface area contributed by atoms with Gasteiger partial charge in [-0.1, -0.05) is 11.6 Å². The number of aryl methyl sites for hydroxylation is 1. The van der Waals surface area contributed by atoms with Crippen LogP contribution in [-0.2, 0) is 11.8 Å². The van der Waals surface area contributed by atoms with Gasteiger partial charge in [0, 0.05) is 63.0 Å². The molecule has 32 heavy (non-hydrogen) atoms. The molecular formula is C23H26ClN7O. The molecule has 8 nitrogen and oxygen atoms in total. The van der Waals surface area contributed by atoms with Gasteiger partial charge in [0.25, 0.3) is 0 Å². The number of rotatable bonds is 3. The molecule has 0 bridgehead atoms. The molecule has 3 aromatic heterocycles. The average molecular weight is 452 g/mol. The van der Waals surface area contributed by atoms with Crippen LogP contribution in [0.2, 0.25) is 5.02 Å². The average Bonchev–Trinajstić information content (AvgIpc) is 3.41. The van der Waals surface area contributed by atoms with Crippen molar-refractivity contribution in [3.63, 3.8) is 0 Å². The molecule has 2 aliphatic rings. The van der Waals surface area contributed by atoms with Gasteiger partial charge >= 0.3 is 0 Å². The fraction of sp³-hybridized carbons (Fsp3) is 0.478. The number of fused-ring (bicyclic) bond motifs is 1. The van der Waals surface area contributed by atoms with Gasteiger partial charge in [0.05, 0.1) is 34.1 Å². The number of aromatic amines is 1. The number of H-pyrrole nitrogens is 1. The van der Waals surface area contributed by atoms with Gasteiger partial charge in [-0.25, -0.2) is 4.98 Å². The highest BCUT2D eigenvalue weighted by atomic mass is 35.5. The predicted octanol–water partition coefficient (Wildman–Crippen LogP) is 3.60. The molecular weight excluding hydrogens is 426 g/mol. The van der Waals surface area contributed by atoms with Crippen molar-refractivity contribution in [2.24, 2.45) is 18.9 Å². The second-order valence-corrected chi connectivity index (χ2v) is 9.14. The number of halogens is 1. The van der Waals surface area contributed by atoms with E-state index in [1.807, 2.05) is 24.2 Å². The smallest absolute Gasteiger partial charge is 0.225 e. The fourth-order valence-corrected chi connectivity index (χ4v) is 5.31. The quantitative estimate of drug-likeness (QED) is 0.656. The van der Waals surface area contributed by atoms with Gasteiger partial charge in [-0.05, 0) is 31.7 Å². The molecule has 1 amide bonds. The topological polar surface area (TPSA) is 93.8 Å². The van der Waals surface area contributed by atoms with Crippen LogP contribution in [0.25, 0.3) is 22.3 Å². The Labute approximate surface area is 191 Å². The molecule has 1 saturated carbocycles. The number of amides is 1. The SMILES string of the molecule is Cn1cc(-c2[nH]c3nccc(N4CCN(C(=O)C5CCC(C#N)CC5)CC4)c3c2Cl)cn1. The Kier molecular flexibility index (Phi) is 5.51. The van der Waals surface area contributed by atoms with Crippen molar-refractivity contribution < 1.29 is 4.79 Å². The molecule has 0 atom stereocenters. The highest BCUT2D eigenvalue weighted by Gasteiger charge is 2.31. The summed E-state index contributed by atoms with van der Waals surface area (Å²) >= 11 is 6.81. The third-order valence-corrected chi connectivity index (χ3v) is 7.17. The van der Waals surface area contributed by atoms with Crippen LogP contribution in [0.3, 0.4) is 0 Å². The van der Waals surface area contributed by atoms with E-state index in [4.69, 9.17) is 16.9 Å². The largest absolute Gasteiger partial charge is 0.367 e. The molecule has 9 heteroatoms. The summed E-state index contributed by atoms with van der Waals surface area (Å²) in [6.07, 6.45) is 8.84. The highest BCUT2D eigenvalue weighted by molar-refractivity contribution is 6.39. The molecule has 0 aromatic carbocycles. The van der Waals surface area contributed by atoms with Crippen LogP contribution in [0.4, 0.5) is 5.69 Å². The summed E-state index contributed by atoms with van der Waals surface area (Å²) in [6, 6.07) is 4.34. The molecule has 1 saturated heterocycles. The number of aromatic nitrogens is 4. The summed E-state index contributed by atoms with van der Waals surface area (Å²) in [4.78, 5) is 25.1. The van der Waals surface area contributed by atoms with E-state index in [1.54, 1.807) is 17.1 Å². The third-order valence-electron chi connectivity index (χ3n) is 6.80. The first-order valence-electron chi connectivity index (χ1n) is 11.1. The van der Waals surface area contributed by atoms with Crippen molar-refractivity contribution in [2.75, 3.05) is 31.1 Å². The van der Waals surface area contributed by atoms with Crippen molar-refractivity contribution >= 4 is 34.2 Å². The van der Waals surface area contributed by atoms with E-state index >= 15 is 0 Å². The third kappa shape index (κ3) is 3.71. The number of nitriles is 1. The van der Waals surface area contributed by atoms with Crippen LogP contribution in [0.15, 0.2) is 24.7 Å². The van der Waals surface area contributed by atoms with Gasteiger partial charge in [0.15, 0.2) is 0 Å². The maximum atomic E-state index is 13.0. The van der Waals surface area contributed by atoms with E-state index in [-0.39, 0.29) is 17.7 Å². The van der Waals surface area contributed by atoms with Crippen molar-refractivity contribution in [1.29, 1.82) is 5.26 Å². The van der Waals surface area contributed by atoms with Crippen molar-refractivity contribution in [3.05, 3.63) is 29.7 Å². The minimum absolute atomic E-state index is 0.0694. The lowest BCUT2D eigenvalue weighted by Crippen LogP contribution is -2.50. The number of nitrogens with one attached hydrogen (secondary N) is 1. The van der Waals surface area contributed by atoms with Gasteiger partial charge < -0.3 is 14.8 Å². The molecule has 1 aliphatic heterocycles. The molecule has 3 aromatic rings. The van der Waals surface area contributed by atoms with Crippen molar-refractivity contribution in [1.82, 2.24) is 24.6 Å². The van der Waals surface area contributed by atoms with Crippen molar-refractivity contribution in [3.8, 4) is 17.3 Å². The van der Waals surface area contributed by atoms with E-state index in [0.29, 0.717) is 18.1 Å². The number of piperazine rings is 1. The number of carbonyl (C=O) groups is 1. The molecule has 0 unspecified atom stereocenters. The van der Waals surface area contributed by atoms with Crippen LogP contribution >= 0.6 is 11.6 Å². The Morgan fingerprint density at radius 3 is 2.62 bits per heavy atom. The van der Waals surface area contributed by atoms with E-state index in [0.717, 1.165) is 66.8 Å². The summed E-state index contributed by atoms with van der Waals surface area (Å²) in [7, 11) is 1.87. The Balaban J connectivity index is 1.32. The number of pyridine rings is 1. The molecule has 1 N–H and O–H groups in total. The van der Waals surface area contributed by atoms with Gasteiger partial charge in [-0.3, -0.25) is 9.48 Å². The van der Waals surface area contributed by atoms with E-state index in [2.05, 4.69) is 26.0 Å². The Hall–Kier alpha value is -3.05. The summed E-state index contributed by atoms with van der Waals surface area (Å²) in [5.74, 6) is 0.437. The summed E-state index contributed by atoms with van der Waals surface area (Å²) in [5, 5.41) is 14.9. The summed E-state index contributed by atoms with van der Waals surface area (Å²) in [6.45, 7) is 2.89. The predicted molar refractivity (Wildman–Crippen MR) is 123 cm³/mol. The van der Waals surface area contributed by atoms with E-state index in [9.17, 15) is 4.79 Å². The second kappa shape index (κ2) is 8.47. The van der Waals surface area contributed by atoms with Gasteiger partial charge in [-0.15, -0.1) is 0 Å². The number of carbonyl (C=O) groups excluding carboxylic acids is 1. The molecule has 0 radical (unpaired) electrons. The lowest BCUT2D eigenvalue weighted by molar-refractivity contribution is -0.137. The number of hydrogen-bond acceptors (Lipinski definition) is 5. The normalized spacial score (nSPS) is 21.7. The van der Waals surface area contributed by atoms with Crippen LogP contribution in [0.1, 0.15) is 25.7 Å². The van der Waals surface area contributed by atoms with Gasteiger partial charge in [0.1, 0.15) is 5.65 Å². The number of nitrogens with zero attached hydrogens (tertiary/aromatic N) is 6. The van der Waals surface area contributed by atoms with Gasteiger partial charge in [-0.2, -0.15) is 10.4 Å². The second-order valence-electron chi connectivity index (χ2n) is 8.76. The summed E-state index contributed by atoms with van der Waals surface area (Å²) in [5.41, 5.74) is 3.52. The van der Waals surface area contributed by atoms with Crippen LogP contribution in [-0.4, -0.2) is 56.7 Å². The first-order valence-corrected chi connectivity index (χ1v) is 11.5. The maximum Gasteiger partial charge on any atom is 0.225 e. The molecule has 166 valence electrons. The maximum absolute atomic E-state index is 13.0. The molecule has 5 rings (SSSR count). The summed E-state index contributed by atoms with van der Waals surface area (Å²) < 4.78 is 1.74. The fourth-order valence-electron chi connectivity index (χ4n) is 4.97. The molecule has 1 aliphatic carbocycles. The number of anilines is 1. The Morgan fingerprint density at radius 1 is 1.22 bits per heavy atom. The van der Waals surface area contributed by atoms with Gasteiger partial charge in [0.2, 0.25) is 5.91 Å². The molecule has 4 heterocycles. The first kappa shape index (κ1) is 20.8. The zero-order valence-corrected chi connectivity index (χ0v) is 18.8. The van der Waals surface area contributed by atoms with Crippen LogP contribution in [0, 0.1) is 23.2 Å². The Morgan fingerprint density at radius 2 is 1.97 bits per heavy atom. The lowest BCUT2D eigenvalue weighted by atomic mass is 9.82. The Bertz CT molecular complexity index is 1180.